The van der Waals surface area contributed by atoms with Gasteiger partial charge in [-0.1, -0.05) is 26.0 Å². The highest BCUT2D eigenvalue weighted by Gasteiger charge is 2.09. The molecule has 0 fully saturated rings. The Morgan fingerprint density at radius 2 is 1.82 bits per heavy atom. The average Bonchev–Trinajstić information content (AvgIpc) is 2.49. The Morgan fingerprint density at radius 1 is 1.14 bits per heavy atom. The fourth-order valence-corrected chi connectivity index (χ4v) is 2.52. The van der Waals surface area contributed by atoms with E-state index < -0.39 is 0 Å². The summed E-state index contributed by atoms with van der Waals surface area (Å²) in [7, 11) is 0. The van der Waals surface area contributed by atoms with Crippen LogP contribution >= 0.6 is 22.6 Å². The number of rotatable bonds is 6. The summed E-state index contributed by atoms with van der Waals surface area (Å²) in [5, 5.41) is 2.90. The number of hydrogen-bond acceptors (Lipinski definition) is 2. The normalized spacial score (nSPS) is 10.5. The SMILES string of the molecule is CC(C)CCOc1ccc(NC(=O)c2ccccc2I)cc1. The first-order chi connectivity index (χ1) is 10.6. The number of ether oxygens (including phenoxy) is 1. The van der Waals surface area contributed by atoms with Gasteiger partial charge in [-0.05, 0) is 71.3 Å². The maximum atomic E-state index is 12.2. The molecule has 0 radical (unpaired) electrons. The van der Waals surface area contributed by atoms with Gasteiger partial charge in [0, 0.05) is 9.26 Å². The van der Waals surface area contributed by atoms with Crippen molar-refractivity contribution in [1.29, 1.82) is 0 Å². The number of amides is 1. The molecule has 0 aromatic heterocycles. The topological polar surface area (TPSA) is 38.3 Å². The molecule has 0 aliphatic carbocycles. The minimum Gasteiger partial charge on any atom is -0.494 e. The Hall–Kier alpha value is -1.56. The highest BCUT2D eigenvalue weighted by atomic mass is 127. The quantitative estimate of drug-likeness (QED) is 0.685. The van der Waals surface area contributed by atoms with Crippen LogP contribution in [0.1, 0.15) is 30.6 Å². The molecule has 0 saturated carbocycles. The van der Waals surface area contributed by atoms with Crippen LogP contribution in [0.3, 0.4) is 0 Å². The van der Waals surface area contributed by atoms with Gasteiger partial charge in [0.25, 0.3) is 5.91 Å². The van der Waals surface area contributed by atoms with Gasteiger partial charge in [-0.2, -0.15) is 0 Å². The van der Waals surface area contributed by atoms with E-state index in [9.17, 15) is 4.79 Å². The van der Waals surface area contributed by atoms with Crippen molar-refractivity contribution in [2.45, 2.75) is 20.3 Å². The molecule has 0 saturated heterocycles. The largest absolute Gasteiger partial charge is 0.494 e. The molecule has 0 aliphatic rings. The predicted molar refractivity (Wildman–Crippen MR) is 98.5 cm³/mol. The van der Waals surface area contributed by atoms with Crippen LogP contribution in [0, 0.1) is 9.49 Å². The van der Waals surface area contributed by atoms with E-state index in [1.807, 2.05) is 48.5 Å². The van der Waals surface area contributed by atoms with E-state index in [4.69, 9.17) is 4.74 Å². The van der Waals surface area contributed by atoms with Crippen molar-refractivity contribution >= 4 is 34.2 Å². The Kier molecular flexibility index (Phi) is 6.24. The third-order valence-corrected chi connectivity index (χ3v) is 4.14. The van der Waals surface area contributed by atoms with Crippen LogP contribution in [0.5, 0.6) is 5.75 Å². The molecular formula is C18H20INO2. The maximum Gasteiger partial charge on any atom is 0.256 e. The second-order valence-electron chi connectivity index (χ2n) is 5.49. The van der Waals surface area contributed by atoms with E-state index >= 15 is 0 Å². The second-order valence-corrected chi connectivity index (χ2v) is 6.65. The van der Waals surface area contributed by atoms with Crippen molar-refractivity contribution in [3.8, 4) is 5.75 Å². The average molecular weight is 409 g/mol. The van der Waals surface area contributed by atoms with Crippen molar-refractivity contribution in [3.05, 3.63) is 57.7 Å². The van der Waals surface area contributed by atoms with Crippen LogP contribution < -0.4 is 10.1 Å². The molecule has 2 aromatic rings. The zero-order valence-corrected chi connectivity index (χ0v) is 15.0. The smallest absolute Gasteiger partial charge is 0.256 e. The molecule has 0 heterocycles. The minimum atomic E-state index is -0.0986. The van der Waals surface area contributed by atoms with Crippen molar-refractivity contribution in [2.75, 3.05) is 11.9 Å². The number of halogens is 1. The van der Waals surface area contributed by atoms with Gasteiger partial charge in [-0.25, -0.2) is 0 Å². The molecule has 1 N–H and O–H groups in total. The van der Waals surface area contributed by atoms with Crippen molar-refractivity contribution in [1.82, 2.24) is 0 Å². The minimum absolute atomic E-state index is 0.0986. The Labute approximate surface area is 145 Å². The Bertz CT molecular complexity index is 623. The third-order valence-electron chi connectivity index (χ3n) is 3.19. The zero-order chi connectivity index (χ0) is 15.9. The molecule has 2 rings (SSSR count). The first kappa shape index (κ1) is 16.8. The Balaban J connectivity index is 1.94. The first-order valence-electron chi connectivity index (χ1n) is 7.35. The lowest BCUT2D eigenvalue weighted by Gasteiger charge is -2.10. The van der Waals surface area contributed by atoms with Crippen LogP contribution in [0.2, 0.25) is 0 Å². The van der Waals surface area contributed by atoms with Gasteiger partial charge in [0.1, 0.15) is 5.75 Å². The lowest BCUT2D eigenvalue weighted by molar-refractivity contribution is 0.102. The van der Waals surface area contributed by atoms with Crippen LogP contribution in [0.4, 0.5) is 5.69 Å². The molecule has 0 aliphatic heterocycles. The molecule has 3 nitrogen and oxygen atoms in total. The van der Waals surface area contributed by atoms with E-state index in [-0.39, 0.29) is 5.91 Å². The van der Waals surface area contributed by atoms with Crippen LogP contribution in [-0.4, -0.2) is 12.5 Å². The fourth-order valence-electron chi connectivity index (χ4n) is 1.89. The maximum absolute atomic E-state index is 12.2. The number of anilines is 1. The summed E-state index contributed by atoms with van der Waals surface area (Å²) in [6.07, 6.45) is 1.03. The van der Waals surface area contributed by atoms with Crippen LogP contribution in [0.15, 0.2) is 48.5 Å². The summed E-state index contributed by atoms with van der Waals surface area (Å²) >= 11 is 2.16. The third kappa shape index (κ3) is 5.02. The zero-order valence-electron chi connectivity index (χ0n) is 12.8. The van der Waals surface area contributed by atoms with E-state index in [2.05, 4.69) is 41.8 Å². The van der Waals surface area contributed by atoms with Crippen molar-refractivity contribution < 1.29 is 9.53 Å². The standard InChI is InChI=1S/C18H20INO2/c1-13(2)11-12-22-15-9-7-14(8-10-15)20-18(21)16-5-3-4-6-17(16)19/h3-10,13H,11-12H2,1-2H3,(H,20,21). The molecule has 1 amide bonds. The summed E-state index contributed by atoms with van der Waals surface area (Å²) < 4.78 is 6.60. The number of benzene rings is 2. The highest BCUT2D eigenvalue weighted by molar-refractivity contribution is 14.1. The molecule has 0 unspecified atom stereocenters. The van der Waals surface area contributed by atoms with Crippen LogP contribution in [0.25, 0.3) is 0 Å². The van der Waals surface area contributed by atoms with Crippen LogP contribution in [-0.2, 0) is 0 Å². The van der Waals surface area contributed by atoms with E-state index in [1.54, 1.807) is 0 Å². The van der Waals surface area contributed by atoms with E-state index in [0.717, 1.165) is 21.4 Å². The van der Waals surface area contributed by atoms with Crippen molar-refractivity contribution in [3.63, 3.8) is 0 Å². The summed E-state index contributed by atoms with van der Waals surface area (Å²) in [5.74, 6) is 1.36. The first-order valence-corrected chi connectivity index (χ1v) is 8.43. The van der Waals surface area contributed by atoms with Crippen molar-refractivity contribution in [2.24, 2.45) is 5.92 Å². The number of nitrogens with one attached hydrogen (secondary N) is 1. The summed E-state index contributed by atoms with van der Waals surface area (Å²) in [6.45, 7) is 5.06. The summed E-state index contributed by atoms with van der Waals surface area (Å²) in [5.41, 5.74) is 1.45. The molecule has 0 bridgehead atoms. The molecule has 22 heavy (non-hydrogen) atoms. The second kappa shape index (κ2) is 8.17. The molecule has 0 atom stereocenters. The monoisotopic (exact) mass is 409 g/mol. The summed E-state index contributed by atoms with van der Waals surface area (Å²) in [4.78, 5) is 12.2. The molecule has 0 spiro atoms. The van der Waals surface area contributed by atoms with E-state index in [1.165, 1.54) is 0 Å². The van der Waals surface area contributed by atoms with Gasteiger partial charge in [0.15, 0.2) is 0 Å². The lowest BCUT2D eigenvalue weighted by atomic mass is 10.1. The highest BCUT2D eigenvalue weighted by Crippen LogP contribution is 2.18. The molecule has 116 valence electrons. The predicted octanol–water partition coefficient (Wildman–Crippen LogP) is 4.97. The molecule has 4 heteroatoms. The number of carbonyl (C=O) groups excluding carboxylic acids is 1. The van der Waals surface area contributed by atoms with Gasteiger partial charge >= 0.3 is 0 Å². The summed E-state index contributed by atoms with van der Waals surface area (Å²) in [6, 6.07) is 15.0. The molecule has 2 aromatic carbocycles. The van der Waals surface area contributed by atoms with Gasteiger partial charge < -0.3 is 10.1 Å². The van der Waals surface area contributed by atoms with Gasteiger partial charge in [0.2, 0.25) is 0 Å². The molecular weight excluding hydrogens is 389 g/mol. The Morgan fingerprint density at radius 3 is 2.45 bits per heavy atom. The van der Waals surface area contributed by atoms with Gasteiger partial charge in [-0.3, -0.25) is 4.79 Å². The number of hydrogen-bond donors (Lipinski definition) is 1. The van der Waals surface area contributed by atoms with E-state index in [0.29, 0.717) is 18.1 Å². The fraction of sp³-hybridized carbons (Fsp3) is 0.278. The number of carbonyl (C=O) groups is 1. The lowest BCUT2D eigenvalue weighted by Crippen LogP contribution is -2.13. The van der Waals surface area contributed by atoms with Gasteiger partial charge in [-0.15, -0.1) is 0 Å². The van der Waals surface area contributed by atoms with Gasteiger partial charge in [0.05, 0.1) is 12.2 Å².